The van der Waals surface area contributed by atoms with E-state index < -0.39 is 10.0 Å². The zero-order valence-corrected chi connectivity index (χ0v) is 15.1. The van der Waals surface area contributed by atoms with Crippen molar-refractivity contribution in [2.45, 2.75) is 32.6 Å². The van der Waals surface area contributed by atoms with Crippen LogP contribution < -0.4 is 0 Å². The molecular weight excluding hydrogens is 320 g/mol. The van der Waals surface area contributed by atoms with Gasteiger partial charge >= 0.3 is 0 Å². The van der Waals surface area contributed by atoms with Crippen LogP contribution in [0.25, 0.3) is 11.4 Å². The standard InChI is InChI=1S/C19H20N2O2S/c1-13-10-15(3)18(11-14(13)2)24(22,23)21-12-16(4)20-19(21)17-8-6-5-7-9-17/h5-12H,1-4H3. The maximum Gasteiger partial charge on any atom is 0.269 e. The monoisotopic (exact) mass is 340 g/mol. The van der Waals surface area contributed by atoms with Gasteiger partial charge < -0.3 is 0 Å². The van der Waals surface area contributed by atoms with Crippen LogP contribution in [0.2, 0.25) is 0 Å². The fourth-order valence-electron chi connectivity index (χ4n) is 2.76. The molecule has 0 saturated heterocycles. The van der Waals surface area contributed by atoms with Gasteiger partial charge in [-0.2, -0.15) is 0 Å². The third-order valence-electron chi connectivity index (χ3n) is 4.16. The Labute approximate surface area is 142 Å². The van der Waals surface area contributed by atoms with Crippen LogP contribution in [0.4, 0.5) is 0 Å². The minimum atomic E-state index is -3.71. The molecule has 0 radical (unpaired) electrons. The summed E-state index contributed by atoms with van der Waals surface area (Å²) in [6.07, 6.45) is 1.58. The lowest BCUT2D eigenvalue weighted by atomic mass is 10.1. The molecule has 0 atom stereocenters. The van der Waals surface area contributed by atoms with E-state index in [1.54, 1.807) is 19.2 Å². The first-order valence-electron chi connectivity index (χ1n) is 7.75. The van der Waals surface area contributed by atoms with Crippen LogP contribution in [0, 0.1) is 27.7 Å². The molecule has 2 aromatic carbocycles. The van der Waals surface area contributed by atoms with Crippen LogP contribution in [0.1, 0.15) is 22.4 Å². The fourth-order valence-corrected chi connectivity index (χ4v) is 4.42. The molecule has 4 nitrogen and oxygen atoms in total. The van der Waals surface area contributed by atoms with Crippen LogP contribution >= 0.6 is 0 Å². The molecule has 0 N–H and O–H groups in total. The number of rotatable bonds is 3. The van der Waals surface area contributed by atoms with Crippen molar-refractivity contribution in [1.82, 2.24) is 8.96 Å². The Morgan fingerprint density at radius 2 is 1.50 bits per heavy atom. The van der Waals surface area contributed by atoms with E-state index in [4.69, 9.17) is 0 Å². The van der Waals surface area contributed by atoms with Gasteiger partial charge in [0, 0.05) is 11.8 Å². The number of imidazole rings is 1. The highest BCUT2D eigenvalue weighted by Gasteiger charge is 2.24. The SMILES string of the molecule is Cc1cn(S(=O)(=O)c2cc(C)c(C)cc2C)c(-c2ccccc2)n1. The zero-order chi connectivity index (χ0) is 17.5. The Morgan fingerprint density at radius 3 is 2.17 bits per heavy atom. The molecule has 0 bridgehead atoms. The van der Waals surface area contributed by atoms with E-state index in [2.05, 4.69) is 4.98 Å². The molecule has 0 spiro atoms. The van der Waals surface area contributed by atoms with Crippen LogP contribution in [0.15, 0.2) is 53.6 Å². The molecule has 1 aromatic heterocycles. The van der Waals surface area contributed by atoms with Gasteiger partial charge in [-0.15, -0.1) is 0 Å². The van der Waals surface area contributed by atoms with Crippen molar-refractivity contribution in [3.05, 3.63) is 71.0 Å². The number of hydrogen-bond donors (Lipinski definition) is 0. The zero-order valence-electron chi connectivity index (χ0n) is 14.2. The van der Waals surface area contributed by atoms with Gasteiger partial charge in [-0.25, -0.2) is 17.4 Å². The van der Waals surface area contributed by atoms with E-state index in [0.29, 0.717) is 16.4 Å². The second-order valence-electron chi connectivity index (χ2n) is 6.07. The van der Waals surface area contributed by atoms with Gasteiger partial charge in [-0.3, -0.25) is 0 Å². The van der Waals surface area contributed by atoms with Crippen LogP contribution in [-0.2, 0) is 10.0 Å². The predicted octanol–water partition coefficient (Wildman–Crippen LogP) is 4.02. The van der Waals surface area contributed by atoms with Crippen LogP contribution in [0.5, 0.6) is 0 Å². The number of aryl methyl sites for hydroxylation is 4. The van der Waals surface area contributed by atoms with Gasteiger partial charge in [0.05, 0.1) is 10.6 Å². The number of nitrogens with zero attached hydrogens (tertiary/aromatic N) is 2. The summed E-state index contributed by atoms with van der Waals surface area (Å²) in [7, 11) is -3.71. The first-order valence-corrected chi connectivity index (χ1v) is 9.19. The van der Waals surface area contributed by atoms with Crippen molar-refractivity contribution >= 4 is 10.0 Å². The second-order valence-corrected chi connectivity index (χ2v) is 7.86. The van der Waals surface area contributed by atoms with E-state index in [0.717, 1.165) is 22.3 Å². The molecule has 3 rings (SSSR count). The Bertz CT molecular complexity index is 1000. The van der Waals surface area contributed by atoms with Gasteiger partial charge in [0.1, 0.15) is 0 Å². The number of benzene rings is 2. The van der Waals surface area contributed by atoms with Crippen molar-refractivity contribution in [3.63, 3.8) is 0 Å². The minimum absolute atomic E-state index is 0.320. The molecule has 0 amide bonds. The van der Waals surface area contributed by atoms with E-state index in [1.165, 1.54) is 3.97 Å². The molecule has 3 aromatic rings. The average molecular weight is 340 g/mol. The first-order chi connectivity index (χ1) is 11.3. The van der Waals surface area contributed by atoms with Crippen LogP contribution in [0.3, 0.4) is 0 Å². The molecule has 24 heavy (non-hydrogen) atoms. The third kappa shape index (κ3) is 2.76. The molecule has 1 heterocycles. The highest BCUT2D eigenvalue weighted by Crippen LogP contribution is 2.27. The van der Waals surface area contributed by atoms with Gasteiger partial charge in [0.15, 0.2) is 5.82 Å². The number of hydrogen-bond acceptors (Lipinski definition) is 3. The lowest BCUT2D eigenvalue weighted by Gasteiger charge is -2.13. The van der Waals surface area contributed by atoms with Crippen molar-refractivity contribution in [2.75, 3.05) is 0 Å². The lowest BCUT2D eigenvalue weighted by Crippen LogP contribution is -2.15. The summed E-state index contributed by atoms with van der Waals surface area (Å²) >= 11 is 0. The van der Waals surface area contributed by atoms with Crippen molar-refractivity contribution in [2.24, 2.45) is 0 Å². The average Bonchev–Trinajstić information content (AvgIpc) is 2.94. The highest BCUT2D eigenvalue weighted by atomic mass is 32.2. The summed E-state index contributed by atoms with van der Waals surface area (Å²) in [4.78, 5) is 4.75. The summed E-state index contributed by atoms with van der Waals surface area (Å²) in [6.45, 7) is 7.53. The van der Waals surface area contributed by atoms with E-state index in [1.807, 2.05) is 57.2 Å². The molecular formula is C19H20N2O2S. The Morgan fingerprint density at radius 1 is 0.875 bits per heavy atom. The smallest absolute Gasteiger partial charge is 0.233 e. The van der Waals surface area contributed by atoms with Crippen LogP contribution in [-0.4, -0.2) is 17.4 Å². The van der Waals surface area contributed by atoms with Crippen molar-refractivity contribution in [1.29, 1.82) is 0 Å². The van der Waals surface area contributed by atoms with E-state index in [9.17, 15) is 8.42 Å². The third-order valence-corrected chi connectivity index (χ3v) is 5.95. The molecule has 0 fully saturated rings. The highest BCUT2D eigenvalue weighted by molar-refractivity contribution is 7.90. The molecule has 5 heteroatoms. The molecule has 0 unspecified atom stereocenters. The summed E-state index contributed by atoms with van der Waals surface area (Å²) in [5.41, 5.74) is 4.21. The topological polar surface area (TPSA) is 52.0 Å². The molecule has 0 aliphatic carbocycles. The van der Waals surface area contributed by atoms with E-state index >= 15 is 0 Å². The summed E-state index contributed by atoms with van der Waals surface area (Å²) in [6, 6.07) is 13.0. The summed E-state index contributed by atoms with van der Waals surface area (Å²) in [5.74, 6) is 0.436. The molecule has 0 aliphatic rings. The minimum Gasteiger partial charge on any atom is -0.233 e. The number of aromatic nitrogens is 2. The predicted molar refractivity (Wildman–Crippen MR) is 95.6 cm³/mol. The van der Waals surface area contributed by atoms with Crippen molar-refractivity contribution < 1.29 is 8.42 Å². The largest absolute Gasteiger partial charge is 0.269 e. The summed E-state index contributed by atoms with van der Waals surface area (Å²) < 4.78 is 27.8. The maximum absolute atomic E-state index is 13.2. The molecule has 0 aliphatic heterocycles. The molecule has 0 saturated carbocycles. The molecule has 124 valence electrons. The van der Waals surface area contributed by atoms with Gasteiger partial charge in [-0.1, -0.05) is 36.4 Å². The Kier molecular flexibility index (Phi) is 4.05. The summed E-state index contributed by atoms with van der Waals surface area (Å²) in [5, 5.41) is 0. The van der Waals surface area contributed by atoms with Gasteiger partial charge in [0.25, 0.3) is 10.0 Å². The quantitative estimate of drug-likeness (QED) is 0.723. The van der Waals surface area contributed by atoms with Gasteiger partial charge in [0.2, 0.25) is 0 Å². The normalized spacial score (nSPS) is 11.7. The van der Waals surface area contributed by atoms with Crippen molar-refractivity contribution in [3.8, 4) is 11.4 Å². The second kappa shape index (κ2) is 5.91. The van der Waals surface area contributed by atoms with Gasteiger partial charge in [-0.05, 0) is 50.5 Å². The first kappa shape index (κ1) is 16.5. The Balaban J connectivity index is 2.25. The maximum atomic E-state index is 13.2. The fraction of sp³-hybridized carbons (Fsp3) is 0.211. The lowest BCUT2D eigenvalue weighted by molar-refractivity contribution is 0.587. The Hall–Kier alpha value is -2.40. The van der Waals surface area contributed by atoms with E-state index in [-0.39, 0.29) is 0 Å².